The number of aromatic nitrogens is 6. The highest BCUT2D eigenvalue weighted by atomic mass is 16.7. The number of hydrogen-bond donors (Lipinski definition) is 0. The van der Waals surface area contributed by atoms with Crippen molar-refractivity contribution in [1.29, 1.82) is 0 Å². The fourth-order valence-corrected chi connectivity index (χ4v) is 24.3. The third kappa shape index (κ3) is 14.4. The summed E-state index contributed by atoms with van der Waals surface area (Å²) in [5.74, 6) is 12.6. The fourth-order valence-electron chi connectivity index (χ4n) is 24.3. The maximum Gasteiger partial charge on any atom is 0.494 e. The van der Waals surface area contributed by atoms with Crippen LogP contribution in [-0.2, 0) is 34.9 Å². The summed E-state index contributed by atoms with van der Waals surface area (Å²) in [5, 5.41) is 0. The molecule has 2 aliphatic heterocycles. The number of aryl methyl sites for hydroxylation is 1. The molecule has 12 bridgehead atoms. The lowest BCUT2D eigenvalue weighted by atomic mass is 9.48. The van der Waals surface area contributed by atoms with Crippen LogP contribution in [0.15, 0.2) is 231 Å². The molecule has 12 aliphatic carbocycles. The Labute approximate surface area is 682 Å². The zero-order chi connectivity index (χ0) is 78.2. The highest BCUT2D eigenvalue weighted by molar-refractivity contribution is 6.66. The molecule has 0 radical (unpaired) electrons. The molecule has 2 saturated heterocycles. The Morgan fingerprint density at radius 2 is 0.452 bits per heavy atom. The Kier molecular flexibility index (Phi) is 18.8. The van der Waals surface area contributed by atoms with E-state index < -0.39 is 36.6 Å². The van der Waals surface area contributed by atoms with E-state index in [1.165, 1.54) is 124 Å². The molecule has 0 atom stereocenters. The van der Waals surface area contributed by atoms with Gasteiger partial charge in [0, 0.05) is 33.4 Å². The number of nitrogens with zero attached hydrogens (tertiary/aromatic N) is 6. The van der Waals surface area contributed by atoms with Gasteiger partial charge in [-0.25, -0.2) is 29.9 Å². The highest BCUT2D eigenvalue weighted by Crippen LogP contribution is 2.64. The van der Waals surface area contributed by atoms with Gasteiger partial charge in [0.1, 0.15) is 0 Å². The minimum Gasteiger partial charge on any atom is -0.399 e. The molecule has 0 unspecified atom stereocenters. The third-order valence-electron chi connectivity index (χ3n) is 30.3. The molecule has 12 heteroatoms. The highest BCUT2D eigenvalue weighted by Gasteiger charge is 2.57. The van der Waals surface area contributed by atoms with Gasteiger partial charge in [-0.3, -0.25) is 0 Å². The van der Waals surface area contributed by atoms with Crippen molar-refractivity contribution < 1.29 is 18.6 Å². The Hall–Kier alpha value is -9.03. The summed E-state index contributed by atoms with van der Waals surface area (Å²) in [7, 11) is -1.17. The van der Waals surface area contributed by atoms with Crippen LogP contribution in [0.3, 0.4) is 0 Å². The van der Waals surface area contributed by atoms with Crippen LogP contribution < -0.4 is 10.9 Å². The monoisotopic (exact) mass is 1520 g/mol. The Bertz CT molecular complexity index is 4990. The zero-order valence-electron chi connectivity index (χ0n) is 68.8. The quantitative estimate of drug-likeness (QED) is 0.103. The molecule has 9 aromatic carbocycles. The van der Waals surface area contributed by atoms with Crippen LogP contribution in [0.25, 0.3) is 90.6 Å². The molecule has 0 spiro atoms. The summed E-state index contributed by atoms with van der Waals surface area (Å²) in [6, 6.07) is 82.8. The number of rotatable bonds is 13. The standard InChI is InChI=1S/C53H51N3.C33H37B2N3O4.C17H22/c1-3-7-42(8-4-1)49-54-50(43-9-5-2-6-10-43)56-51(55-49)46-26-44(40-11-15-47(16-12-40)52-28-34-19-35(29-52)21-36(20-34)30-52)25-45(27-46)41-13-17-48(18-14-41)53-31-37-22-38(32-53)24-39(23-37)33-53;1-30(2)31(3,4)40-34(39-30)25-19-24(20-26(21-25)35-41-32(5,6)33(7,8)42-35)29-37-27(22-15-11-9-12-16-22)36-28(38-29)23-17-13-10-14-18-23;1-12-2-4-16(5-3-12)17-9-13-6-14(10-17)8-15(7-13)11-17/h1-18,25-27,34-39H,19-24,28-33H2;9-21H,1-8H3;2-5,13-15H,6-11H2,1H3. The van der Waals surface area contributed by atoms with Gasteiger partial charge in [-0.1, -0.05) is 218 Å². The first kappa shape index (κ1) is 74.8. The van der Waals surface area contributed by atoms with E-state index in [1.807, 2.05) is 91.0 Å². The smallest absolute Gasteiger partial charge is 0.399 e. The van der Waals surface area contributed by atoms with E-state index in [2.05, 4.69) is 202 Å². The van der Waals surface area contributed by atoms with Gasteiger partial charge < -0.3 is 18.6 Å². The van der Waals surface area contributed by atoms with Crippen molar-refractivity contribution in [2.45, 2.75) is 217 Å². The molecule has 11 aromatic rings. The van der Waals surface area contributed by atoms with Crippen molar-refractivity contribution >= 4 is 25.2 Å². The maximum absolute atomic E-state index is 6.47. The van der Waals surface area contributed by atoms with E-state index in [-0.39, 0.29) is 0 Å². The van der Waals surface area contributed by atoms with Gasteiger partial charge in [0.25, 0.3) is 0 Å². The molecule has 582 valence electrons. The fraction of sp³-hybridized carbons (Fsp3) is 0.417. The predicted molar refractivity (Wildman–Crippen MR) is 465 cm³/mol. The second kappa shape index (κ2) is 29.0. The van der Waals surface area contributed by atoms with Crippen molar-refractivity contribution in [3.8, 4) is 90.6 Å². The first-order chi connectivity index (χ1) is 55.5. The molecular formula is C103H110B2N6O4. The van der Waals surface area contributed by atoms with Crippen molar-refractivity contribution in [2.75, 3.05) is 0 Å². The predicted octanol–water partition coefficient (Wildman–Crippen LogP) is 23.1. The van der Waals surface area contributed by atoms with Crippen molar-refractivity contribution in [2.24, 2.45) is 53.3 Å². The van der Waals surface area contributed by atoms with E-state index in [0.29, 0.717) is 51.2 Å². The minimum absolute atomic E-state index is 0.394. The summed E-state index contributed by atoms with van der Waals surface area (Å²) >= 11 is 0. The summed E-state index contributed by atoms with van der Waals surface area (Å²) in [4.78, 5) is 30.2. The summed E-state index contributed by atoms with van der Waals surface area (Å²) in [5.41, 5.74) is 17.9. The van der Waals surface area contributed by atoms with Crippen LogP contribution in [0, 0.1) is 60.2 Å². The third-order valence-corrected chi connectivity index (χ3v) is 30.3. The Balaban J connectivity index is 0.000000127. The first-order valence-electron chi connectivity index (χ1n) is 43.5. The second-order valence-electron chi connectivity index (χ2n) is 39.6. The van der Waals surface area contributed by atoms with Crippen LogP contribution in [-0.4, -0.2) is 66.5 Å². The average molecular weight is 1520 g/mol. The van der Waals surface area contributed by atoms with Gasteiger partial charge in [0.05, 0.1) is 22.4 Å². The molecule has 4 heterocycles. The van der Waals surface area contributed by atoms with Crippen LogP contribution in [0.2, 0.25) is 0 Å². The van der Waals surface area contributed by atoms with Crippen LogP contribution >= 0.6 is 0 Å². The SMILES string of the molecule is CC1(C)OB(c2cc(B3OC(C)(C)C(C)(C)O3)cc(-c3nc(-c4ccccc4)nc(-c4ccccc4)n3)c2)OC1(C)C.Cc1ccc(C23CC4CC(CC(C4)C2)C3)cc1.c1ccc(-c2nc(-c3ccccc3)nc(-c3cc(-c4ccc(C56CC7CC(CC(C7)C5)C6)cc4)cc(-c4ccc(C56CC7CC(CC(C7)C5)C6)cc4)c3)n2)cc1. The molecule has 0 amide bonds. The summed E-state index contributed by atoms with van der Waals surface area (Å²) < 4.78 is 25.9. The van der Waals surface area contributed by atoms with Crippen LogP contribution in [0.1, 0.15) is 193 Å². The van der Waals surface area contributed by atoms with Crippen LogP contribution in [0.4, 0.5) is 0 Å². The molecule has 14 aliphatic rings. The molecule has 2 aromatic heterocycles. The zero-order valence-corrected chi connectivity index (χ0v) is 68.8. The van der Waals surface area contributed by atoms with Gasteiger partial charge in [-0.05, 0) is 315 Å². The lowest BCUT2D eigenvalue weighted by Gasteiger charge is -2.57. The van der Waals surface area contributed by atoms with Gasteiger partial charge in [0.15, 0.2) is 34.9 Å². The van der Waals surface area contributed by atoms with E-state index in [4.69, 9.17) is 48.5 Å². The number of hydrogen-bond acceptors (Lipinski definition) is 10. The lowest BCUT2D eigenvalue weighted by molar-refractivity contribution is -0.00531. The van der Waals surface area contributed by atoms with Crippen molar-refractivity contribution in [1.82, 2.24) is 29.9 Å². The minimum atomic E-state index is -0.583. The molecule has 12 saturated carbocycles. The topological polar surface area (TPSA) is 114 Å². The van der Waals surface area contributed by atoms with Crippen molar-refractivity contribution in [3.63, 3.8) is 0 Å². The number of benzene rings is 9. The van der Waals surface area contributed by atoms with Gasteiger partial charge >= 0.3 is 14.2 Å². The van der Waals surface area contributed by atoms with Crippen LogP contribution in [0.5, 0.6) is 0 Å². The molecule has 115 heavy (non-hydrogen) atoms. The van der Waals surface area contributed by atoms with Gasteiger partial charge in [-0.15, -0.1) is 0 Å². The molecule has 0 N–H and O–H groups in total. The molecule has 10 nitrogen and oxygen atoms in total. The normalized spacial score (nSPS) is 28.8. The largest absolute Gasteiger partial charge is 0.494 e. The second-order valence-corrected chi connectivity index (χ2v) is 39.6. The summed E-state index contributed by atoms with van der Waals surface area (Å²) in [6.07, 6.45) is 26.3. The van der Waals surface area contributed by atoms with Crippen molar-refractivity contribution in [3.05, 3.63) is 253 Å². The Morgan fingerprint density at radius 1 is 0.235 bits per heavy atom. The van der Waals surface area contributed by atoms with E-state index in [9.17, 15) is 0 Å². The van der Waals surface area contributed by atoms with Gasteiger partial charge in [-0.2, -0.15) is 0 Å². The van der Waals surface area contributed by atoms with Gasteiger partial charge in [0.2, 0.25) is 0 Å². The molecule has 14 fully saturated rings. The molecular weight excluding hydrogens is 1410 g/mol. The maximum atomic E-state index is 6.47. The van der Waals surface area contributed by atoms with E-state index >= 15 is 0 Å². The first-order valence-corrected chi connectivity index (χ1v) is 43.5. The average Bonchev–Trinajstić information content (AvgIpc) is 1.70. The molecule has 25 rings (SSSR count). The van der Waals surface area contributed by atoms with E-state index in [0.717, 1.165) is 97.6 Å². The lowest BCUT2D eigenvalue weighted by Crippen LogP contribution is -2.48. The summed E-state index contributed by atoms with van der Waals surface area (Å²) in [6.45, 7) is 18.6. The van der Waals surface area contributed by atoms with E-state index in [1.54, 1.807) is 36.0 Å². The Morgan fingerprint density at radius 3 is 0.704 bits per heavy atom.